The van der Waals surface area contributed by atoms with E-state index in [2.05, 4.69) is 15.1 Å². The summed E-state index contributed by atoms with van der Waals surface area (Å²) >= 11 is 0. The number of hydrogen-bond donors (Lipinski definition) is 1. The summed E-state index contributed by atoms with van der Waals surface area (Å²) in [4.78, 5) is 30.9. The second-order valence-corrected chi connectivity index (χ2v) is 5.58. The molecule has 1 fully saturated rings. The number of aromatic amines is 1. The van der Waals surface area contributed by atoms with Crippen LogP contribution in [0.4, 0.5) is 0 Å². The minimum Gasteiger partial charge on any atom is -0.299 e. The fraction of sp³-hybridized carbons (Fsp3) is 0.467. The van der Waals surface area contributed by atoms with Gasteiger partial charge in [-0.05, 0) is 12.0 Å². The number of aromatic nitrogens is 4. The van der Waals surface area contributed by atoms with E-state index in [4.69, 9.17) is 0 Å². The van der Waals surface area contributed by atoms with Crippen molar-refractivity contribution in [2.45, 2.75) is 38.5 Å². The summed E-state index contributed by atoms with van der Waals surface area (Å²) in [6.45, 7) is 0. The van der Waals surface area contributed by atoms with Crippen LogP contribution in [0.25, 0.3) is 5.95 Å². The summed E-state index contributed by atoms with van der Waals surface area (Å²) in [6.07, 6.45) is 10.2. The normalized spacial score (nSPS) is 15.4. The SMILES string of the molecule is O=C(Cc1cnc(-n2cccn2)[nH]c1=O)CC1CCCC1. The largest absolute Gasteiger partial charge is 0.299 e. The molecule has 1 aliphatic carbocycles. The van der Waals surface area contributed by atoms with Gasteiger partial charge in [0.25, 0.3) is 5.56 Å². The molecule has 0 amide bonds. The number of nitrogens with one attached hydrogen (secondary N) is 1. The first-order valence-electron chi connectivity index (χ1n) is 7.32. The van der Waals surface area contributed by atoms with Crippen LogP contribution in [0.3, 0.4) is 0 Å². The molecule has 6 heteroatoms. The third-order valence-electron chi connectivity index (χ3n) is 3.96. The second kappa shape index (κ2) is 6.03. The van der Waals surface area contributed by atoms with Crippen molar-refractivity contribution in [3.63, 3.8) is 0 Å². The van der Waals surface area contributed by atoms with Gasteiger partial charge in [0.1, 0.15) is 5.78 Å². The molecule has 1 aliphatic rings. The van der Waals surface area contributed by atoms with Crippen LogP contribution in [-0.4, -0.2) is 25.5 Å². The Hall–Kier alpha value is -2.24. The Morgan fingerprint density at radius 2 is 2.19 bits per heavy atom. The number of Topliss-reactive ketones (excluding diaryl/α,β-unsaturated/α-hetero) is 1. The number of rotatable bonds is 5. The third-order valence-corrected chi connectivity index (χ3v) is 3.96. The quantitative estimate of drug-likeness (QED) is 0.906. The first-order chi connectivity index (χ1) is 10.2. The van der Waals surface area contributed by atoms with E-state index in [1.165, 1.54) is 23.7 Å². The molecule has 1 N–H and O–H groups in total. The van der Waals surface area contributed by atoms with Gasteiger partial charge in [0, 0.05) is 37.0 Å². The van der Waals surface area contributed by atoms with Crippen LogP contribution < -0.4 is 5.56 Å². The number of ketones is 1. The molecule has 0 spiro atoms. The van der Waals surface area contributed by atoms with Crippen molar-refractivity contribution in [3.05, 3.63) is 40.6 Å². The molecule has 1 saturated carbocycles. The maximum absolute atomic E-state index is 12.0. The van der Waals surface area contributed by atoms with Gasteiger partial charge in [-0.3, -0.25) is 14.6 Å². The lowest BCUT2D eigenvalue weighted by molar-refractivity contribution is -0.119. The van der Waals surface area contributed by atoms with Gasteiger partial charge in [-0.15, -0.1) is 0 Å². The number of nitrogens with zero attached hydrogens (tertiary/aromatic N) is 3. The fourth-order valence-corrected chi connectivity index (χ4v) is 2.87. The molecule has 0 aromatic carbocycles. The van der Waals surface area contributed by atoms with Crippen LogP contribution in [-0.2, 0) is 11.2 Å². The summed E-state index contributed by atoms with van der Waals surface area (Å²) < 4.78 is 1.48. The lowest BCUT2D eigenvalue weighted by Crippen LogP contribution is -2.20. The Balaban J connectivity index is 1.68. The smallest absolute Gasteiger partial charge is 0.255 e. The molecule has 0 unspecified atom stereocenters. The topological polar surface area (TPSA) is 80.6 Å². The van der Waals surface area contributed by atoms with Crippen molar-refractivity contribution in [2.75, 3.05) is 0 Å². The lowest BCUT2D eigenvalue weighted by atomic mass is 9.98. The molecule has 0 bridgehead atoms. The van der Waals surface area contributed by atoms with Gasteiger partial charge >= 0.3 is 0 Å². The molecule has 2 aromatic rings. The minimum absolute atomic E-state index is 0.126. The summed E-state index contributed by atoms with van der Waals surface area (Å²) in [7, 11) is 0. The first kappa shape index (κ1) is 13.7. The Morgan fingerprint density at radius 1 is 1.38 bits per heavy atom. The fourth-order valence-electron chi connectivity index (χ4n) is 2.87. The lowest BCUT2D eigenvalue weighted by Gasteiger charge is -2.07. The molecular formula is C15H18N4O2. The maximum Gasteiger partial charge on any atom is 0.255 e. The van der Waals surface area contributed by atoms with Crippen LogP contribution in [0.1, 0.15) is 37.7 Å². The van der Waals surface area contributed by atoms with Gasteiger partial charge in [-0.2, -0.15) is 5.10 Å². The standard InChI is InChI=1S/C15H18N4O2/c20-13(8-11-4-1-2-5-11)9-12-10-16-15(18-14(12)21)19-7-3-6-17-19/h3,6-7,10-11H,1-2,4-5,8-9H2,(H,16,18,21). The van der Waals surface area contributed by atoms with Crippen LogP contribution >= 0.6 is 0 Å². The van der Waals surface area contributed by atoms with Crippen LogP contribution in [0.5, 0.6) is 0 Å². The predicted molar refractivity (Wildman–Crippen MR) is 77.3 cm³/mol. The highest BCUT2D eigenvalue weighted by Gasteiger charge is 2.19. The minimum atomic E-state index is -0.268. The Morgan fingerprint density at radius 3 is 2.86 bits per heavy atom. The van der Waals surface area contributed by atoms with E-state index in [9.17, 15) is 9.59 Å². The van der Waals surface area contributed by atoms with E-state index in [-0.39, 0.29) is 17.8 Å². The van der Waals surface area contributed by atoms with Crippen molar-refractivity contribution in [1.82, 2.24) is 19.7 Å². The molecule has 2 heterocycles. The number of H-pyrrole nitrogens is 1. The third kappa shape index (κ3) is 3.26. The van der Waals surface area contributed by atoms with E-state index in [0.29, 0.717) is 23.9 Å². The molecule has 6 nitrogen and oxygen atoms in total. The number of carbonyl (C=O) groups excluding carboxylic acids is 1. The summed E-state index contributed by atoms with van der Waals surface area (Å²) in [5, 5.41) is 4.00. The maximum atomic E-state index is 12.0. The van der Waals surface area contributed by atoms with E-state index >= 15 is 0 Å². The molecular weight excluding hydrogens is 268 g/mol. The highest BCUT2D eigenvalue weighted by Crippen LogP contribution is 2.27. The average Bonchev–Trinajstić information content (AvgIpc) is 3.13. The summed E-state index contributed by atoms with van der Waals surface area (Å²) in [5.41, 5.74) is 0.157. The van der Waals surface area contributed by atoms with Crippen LogP contribution in [0.15, 0.2) is 29.5 Å². The zero-order valence-corrected chi connectivity index (χ0v) is 11.8. The van der Waals surface area contributed by atoms with Crippen LogP contribution in [0.2, 0.25) is 0 Å². The van der Waals surface area contributed by atoms with Crippen molar-refractivity contribution in [3.8, 4) is 5.95 Å². The zero-order chi connectivity index (χ0) is 14.7. The Kier molecular flexibility index (Phi) is 3.94. The van der Waals surface area contributed by atoms with E-state index in [1.807, 2.05) is 0 Å². The predicted octanol–water partition coefficient (Wildman–Crippen LogP) is 1.65. The van der Waals surface area contributed by atoms with Crippen molar-refractivity contribution in [2.24, 2.45) is 5.92 Å². The summed E-state index contributed by atoms with van der Waals surface area (Å²) in [5.74, 6) is 0.992. The molecule has 3 rings (SSSR count). The molecule has 2 aromatic heterocycles. The number of hydrogen-bond acceptors (Lipinski definition) is 4. The van der Waals surface area contributed by atoms with Crippen molar-refractivity contribution >= 4 is 5.78 Å². The monoisotopic (exact) mass is 286 g/mol. The first-order valence-corrected chi connectivity index (χ1v) is 7.32. The second-order valence-electron chi connectivity index (χ2n) is 5.58. The van der Waals surface area contributed by atoms with Gasteiger partial charge in [0.05, 0.1) is 0 Å². The summed E-state index contributed by atoms with van der Waals surface area (Å²) in [6, 6.07) is 1.75. The highest BCUT2D eigenvalue weighted by molar-refractivity contribution is 5.80. The molecule has 110 valence electrons. The highest BCUT2D eigenvalue weighted by atomic mass is 16.1. The molecule has 0 saturated heterocycles. The Bertz CT molecular complexity index is 669. The van der Waals surface area contributed by atoms with E-state index in [0.717, 1.165) is 12.8 Å². The van der Waals surface area contributed by atoms with Crippen molar-refractivity contribution in [1.29, 1.82) is 0 Å². The van der Waals surface area contributed by atoms with E-state index < -0.39 is 0 Å². The molecule has 0 radical (unpaired) electrons. The van der Waals surface area contributed by atoms with Crippen molar-refractivity contribution < 1.29 is 4.79 Å². The van der Waals surface area contributed by atoms with Gasteiger partial charge < -0.3 is 0 Å². The van der Waals surface area contributed by atoms with Gasteiger partial charge in [-0.1, -0.05) is 25.7 Å². The van der Waals surface area contributed by atoms with E-state index in [1.54, 1.807) is 18.5 Å². The number of carbonyl (C=O) groups is 1. The average molecular weight is 286 g/mol. The van der Waals surface area contributed by atoms with Crippen LogP contribution in [0, 0.1) is 5.92 Å². The van der Waals surface area contributed by atoms with Gasteiger partial charge in [0.15, 0.2) is 0 Å². The molecule has 0 atom stereocenters. The molecule has 0 aliphatic heterocycles. The Labute approximate surface area is 122 Å². The van der Waals surface area contributed by atoms with Gasteiger partial charge in [0.2, 0.25) is 5.95 Å². The molecule has 21 heavy (non-hydrogen) atoms. The zero-order valence-electron chi connectivity index (χ0n) is 11.8. The van der Waals surface area contributed by atoms with Gasteiger partial charge in [-0.25, -0.2) is 9.67 Å².